The molecule has 1 aromatic heterocycles. The largest absolute Gasteiger partial charge is 0.326 e. The first-order valence-electron chi connectivity index (χ1n) is 10.9. The average molecular weight is 412 g/mol. The SMILES string of the molecule is CC(=O)Nc1ccc(CN2CCC(/C=C/c3ccccc3)(c3cccnc3)CC2)cc1. The van der Waals surface area contributed by atoms with Crippen molar-refractivity contribution in [3.05, 3.63) is 102 Å². The second kappa shape index (κ2) is 9.71. The molecule has 0 bridgehead atoms. The van der Waals surface area contributed by atoms with Gasteiger partial charge in [-0.2, -0.15) is 0 Å². The second-order valence-electron chi connectivity index (χ2n) is 8.30. The summed E-state index contributed by atoms with van der Waals surface area (Å²) in [5.41, 5.74) is 4.64. The Hall–Kier alpha value is -3.24. The normalized spacial score (nSPS) is 16.3. The summed E-state index contributed by atoms with van der Waals surface area (Å²) in [4.78, 5) is 18.1. The van der Waals surface area contributed by atoms with E-state index in [0.29, 0.717) is 0 Å². The van der Waals surface area contributed by atoms with Crippen LogP contribution < -0.4 is 5.32 Å². The molecule has 4 nitrogen and oxygen atoms in total. The van der Waals surface area contributed by atoms with Crippen molar-refractivity contribution in [2.75, 3.05) is 18.4 Å². The van der Waals surface area contributed by atoms with Gasteiger partial charge in [0.25, 0.3) is 0 Å². The third-order valence-electron chi connectivity index (χ3n) is 6.06. The zero-order valence-electron chi connectivity index (χ0n) is 18.0. The molecule has 31 heavy (non-hydrogen) atoms. The Morgan fingerprint density at radius 1 is 1.03 bits per heavy atom. The standard InChI is InChI=1S/C27H29N3O/c1-22(31)29-26-11-9-24(10-12-26)21-30-18-15-27(16-19-30,25-8-5-17-28-20-25)14-13-23-6-3-2-4-7-23/h2-14,17,20H,15-16,18-19,21H2,1H3,(H,29,31)/b14-13+. The first kappa shape index (κ1) is 21.0. The summed E-state index contributed by atoms with van der Waals surface area (Å²) in [5.74, 6) is -0.0425. The van der Waals surface area contributed by atoms with Crippen molar-refractivity contribution in [3.8, 4) is 0 Å². The maximum Gasteiger partial charge on any atom is 0.221 e. The summed E-state index contributed by atoms with van der Waals surface area (Å²) in [6.07, 6.45) is 10.6. The Morgan fingerprint density at radius 2 is 1.77 bits per heavy atom. The number of nitrogens with one attached hydrogen (secondary N) is 1. The monoisotopic (exact) mass is 411 g/mol. The van der Waals surface area contributed by atoms with Crippen LogP contribution in [-0.2, 0) is 16.8 Å². The first-order valence-corrected chi connectivity index (χ1v) is 10.9. The van der Waals surface area contributed by atoms with Crippen LogP contribution in [0.5, 0.6) is 0 Å². The van der Waals surface area contributed by atoms with Gasteiger partial charge in [0.1, 0.15) is 0 Å². The number of allylic oxidation sites excluding steroid dienone is 1. The Morgan fingerprint density at radius 3 is 2.42 bits per heavy atom. The molecule has 1 aliphatic rings. The minimum absolute atomic E-state index is 0.00979. The third-order valence-corrected chi connectivity index (χ3v) is 6.06. The van der Waals surface area contributed by atoms with Crippen LogP contribution in [0, 0.1) is 0 Å². The van der Waals surface area contributed by atoms with Crippen LogP contribution >= 0.6 is 0 Å². The van der Waals surface area contributed by atoms with Gasteiger partial charge in [-0.1, -0.05) is 60.7 Å². The molecule has 0 aliphatic carbocycles. The number of carbonyl (C=O) groups is 1. The minimum Gasteiger partial charge on any atom is -0.326 e. The van der Waals surface area contributed by atoms with E-state index in [4.69, 9.17) is 0 Å². The third kappa shape index (κ3) is 5.47. The zero-order chi connectivity index (χ0) is 21.5. The van der Waals surface area contributed by atoms with Crippen molar-refractivity contribution in [2.24, 2.45) is 0 Å². The molecule has 2 heterocycles. The van der Waals surface area contributed by atoms with Crippen LogP contribution in [0.1, 0.15) is 36.5 Å². The van der Waals surface area contributed by atoms with E-state index < -0.39 is 0 Å². The fourth-order valence-corrected chi connectivity index (χ4v) is 4.29. The van der Waals surface area contributed by atoms with Crippen LogP contribution in [0.3, 0.4) is 0 Å². The molecular weight excluding hydrogens is 382 g/mol. The lowest BCUT2D eigenvalue weighted by Crippen LogP contribution is -2.41. The fraction of sp³-hybridized carbons (Fsp3) is 0.259. The van der Waals surface area contributed by atoms with E-state index in [1.54, 1.807) is 0 Å². The summed E-state index contributed by atoms with van der Waals surface area (Å²) >= 11 is 0. The van der Waals surface area contributed by atoms with Crippen molar-refractivity contribution >= 4 is 17.7 Å². The van der Waals surface area contributed by atoms with Gasteiger partial charge < -0.3 is 5.32 Å². The number of amides is 1. The summed E-state index contributed by atoms with van der Waals surface area (Å²) in [6.45, 7) is 4.51. The predicted molar refractivity (Wildman–Crippen MR) is 127 cm³/mol. The van der Waals surface area contributed by atoms with Crippen LogP contribution in [-0.4, -0.2) is 28.9 Å². The van der Waals surface area contributed by atoms with Gasteiger partial charge in [-0.3, -0.25) is 14.7 Å². The molecular formula is C27H29N3O. The van der Waals surface area contributed by atoms with Crippen LogP contribution in [0.2, 0.25) is 0 Å². The number of anilines is 1. The number of rotatable bonds is 6. The molecule has 4 rings (SSSR count). The lowest BCUT2D eigenvalue weighted by Gasteiger charge is -2.40. The van der Waals surface area contributed by atoms with Gasteiger partial charge in [-0.25, -0.2) is 0 Å². The topological polar surface area (TPSA) is 45.2 Å². The van der Waals surface area contributed by atoms with Gasteiger partial charge >= 0.3 is 0 Å². The number of benzene rings is 2. The molecule has 2 aromatic carbocycles. The summed E-state index contributed by atoms with van der Waals surface area (Å²) in [5, 5.41) is 2.83. The van der Waals surface area contributed by atoms with E-state index in [2.05, 4.69) is 75.9 Å². The highest BCUT2D eigenvalue weighted by atomic mass is 16.1. The van der Waals surface area contributed by atoms with E-state index in [1.165, 1.54) is 23.6 Å². The summed E-state index contributed by atoms with van der Waals surface area (Å²) < 4.78 is 0. The van der Waals surface area contributed by atoms with Gasteiger partial charge in [0, 0.05) is 37.0 Å². The van der Waals surface area contributed by atoms with Crippen molar-refractivity contribution in [3.63, 3.8) is 0 Å². The Kier molecular flexibility index (Phi) is 6.58. The average Bonchev–Trinajstić information content (AvgIpc) is 2.81. The number of hydrogen-bond donors (Lipinski definition) is 1. The quantitative estimate of drug-likeness (QED) is 0.600. The Balaban J connectivity index is 1.46. The molecule has 3 aromatic rings. The smallest absolute Gasteiger partial charge is 0.221 e. The first-order chi connectivity index (χ1) is 15.1. The van der Waals surface area contributed by atoms with Crippen molar-refractivity contribution in [1.29, 1.82) is 0 Å². The highest BCUT2D eigenvalue weighted by Crippen LogP contribution is 2.37. The maximum atomic E-state index is 11.2. The second-order valence-corrected chi connectivity index (χ2v) is 8.30. The number of nitrogens with zero attached hydrogens (tertiary/aromatic N) is 2. The van der Waals surface area contributed by atoms with E-state index in [9.17, 15) is 4.79 Å². The van der Waals surface area contributed by atoms with Gasteiger partial charge in [0.15, 0.2) is 0 Å². The van der Waals surface area contributed by atoms with Gasteiger partial charge in [0.2, 0.25) is 5.91 Å². The molecule has 1 amide bonds. The lowest BCUT2D eigenvalue weighted by atomic mass is 9.73. The van der Waals surface area contributed by atoms with Gasteiger partial charge in [0.05, 0.1) is 0 Å². The van der Waals surface area contributed by atoms with Crippen molar-refractivity contribution in [2.45, 2.75) is 31.7 Å². The molecule has 1 N–H and O–H groups in total. The minimum atomic E-state index is -0.0425. The molecule has 0 spiro atoms. The predicted octanol–water partition coefficient (Wildman–Crippen LogP) is 5.29. The van der Waals surface area contributed by atoms with E-state index in [-0.39, 0.29) is 11.3 Å². The Labute approximate surface area is 184 Å². The van der Waals surface area contributed by atoms with Crippen molar-refractivity contribution in [1.82, 2.24) is 9.88 Å². The summed E-state index contributed by atoms with van der Waals surface area (Å²) in [6, 6.07) is 22.9. The molecule has 0 atom stereocenters. The van der Waals surface area contributed by atoms with Gasteiger partial charge in [-0.05, 0) is 60.8 Å². The number of pyridine rings is 1. The lowest BCUT2D eigenvalue weighted by molar-refractivity contribution is -0.114. The molecule has 4 heteroatoms. The zero-order valence-corrected chi connectivity index (χ0v) is 18.0. The van der Waals surface area contributed by atoms with E-state index in [1.807, 2.05) is 30.6 Å². The highest BCUT2D eigenvalue weighted by molar-refractivity contribution is 5.88. The number of hydrogen-bond acceptors (Lipinski definition) is 3. The molecule has 1 saturated heterocycles. The molecule has 1 fully saturated rings. The van der Waals surface area contributed by atoms with Crippen LogP contribution in [0.15, 0.2) is 85.2 Å². The van der Waals surface area contributed by atoms with Crippen molar-refractivity contribution < 1.29 is 4.79 Å². The molecule has 0 saturated carbocycles. The number of carbonyl (C=O) groups excluding carboxylic acids is 1. The maximum absolute atomic E-state index is 11.2. The molecule has 0 unspecified atom stereocenters. The van der Waals surface area contributed by atoms with Crippen LogP contribution in [0.4, 0.5) is 5.69 Å². The molecule has 0 radical (unpaired) electrons. The molecule has 1 aliphatic heterocycles. The highest BCUT2D eigenvalue weighted by Gasteiger charge is 2.34. The van der Waals surface area contributed by atoms with E-state index >= 15 is 0 Å². The fourth-order valence-electron chi connectivity index (χ4n) is 4.29. The van der Waals surface area contributed by atoms with Crippen LogP contribution in [0.25, 0.3) is 6.08 Å². The Bertz CT molecular complexity index is 1010. The molecule has 158 valence electrons. The number of aromatic nitrogens is 1. The number of likely N-dealkylation sites (tertiary alicyclic amines) is 1. The van der Waals surface area contributed by atoms with Gasteiger partial charge in [-0.15, -0.1) is 0 Å². The number of piperidine rings is 1. The summed E-state index contributed by atoms with van der Waals surface area (Å²) in [7, 11) is 0. The van der Waals surface area contributed by atoms with E-state index in [0.717, 1.165) is 38.2 Å².